The van der Waals surface area contributed by atoms with Gasteiger partial charge in [0.15, 0.2) is 0 Å². The Balaban J connectivity index is 2.49. The molecule has 0 atom stereocenters. The second kappa shape index (κ2) is 4.76. The first kappa shape index (κ1) is 11.9. The SMILES string of the molecule is CC(C)c1ccc(-c2cccnc2N)cc1Cl. The van der Waals surface area contributed by atoms with Crippen LogP contribution in [-0.4, -0.2) is 4.98 Å². The average molecular weight is 247 g/mol. The minimum Gasteiger partial charge on any atom is -0.383 e. The Hall–Kier alpha value is -1.54. The maximum atomic E-state index is 6.27. The molecule has 88 valence electrons. The van der Waals surface area contributed by atoms with Crippen molar-refractivity contribution in [1.29, 1.82) is 0 Å². The molecule has 2 aromatic rings. The van der Waals surface area contributed by atoms with Crippen LogP contribution in [0, 0.1) is 0 Å². The second-order valence-electron chi connectivity index (χ2n) is 4.33. The van der Waals surface area contributed by atoms with Crippen molar-refractivity contribution in [3.63, 3.8) is 0 Å². The number of nitrogens with two attached hydrogens (primary N) is 1. The minimum absolute atomic E-state index is 0.419. The molecule has 3 heteroatoms. The van der Waals surface area contributed by atoms with Crippen molar-refractivity contribution < 1.29 is 0 Å². The average Bonchev–Trinajstić information content (AvgIpc) is 2.29. The molecule has 0 saturated carbocycles. The number of benzene rings is 1. The van der Waals surface area contributed by atoms with E-state index in [1.807, 2.05) is 24.3 Å². The van der Waals surface area contributed by atoms with Gasteiger partial charge in [-0.1, -0.05) is 37.6 Å². The van der Waals surface area contributed by atoms with Gasteiger partial charge in [-0.25, -0.2) is 4.98 Å². The van der Waals surface area contributed by atoms with E-state index in [9.17, 15) is 0 Å². The first-order valence-electron chi connectivity index (χ1n) is 5.60. The highest BCUT2D eigenvalue weighted by Gasteiger charge is 2.08. The van der Waals surface area contributed by atoms with E-state index < -0.39 is 0 Å². The van der Waals surface area contributed by atoms with E-state index in [-0.39, 0.29) is 0 Å². The monoisotopic (exact) mass is 246 g/mol. The van der Waals surface area contributed by atoms with E-state index >= 15 is 0 Å². The third kappa shape index (κ3) is 2.42. The van der Waals surface area contributed by atoms with Crippen LogP contribution in [0.2, 0.25) is 5.02 Å². The van der Waals surface area contributed by atoms with Gasteiger partial charge in [0.05, 0.1) is 0 Å². The van der Waals surface area contributed by atoms with Gasteiger partial charge in [0.2, 0.25) is 0 Å². The molecular formula is C14H15ClN2. The van der Waals surface area contributed by atoms with E-state index in [1.165, 1.54) is 0 Å². The van der Waals surface area contributed by atoms with Crippen LogP contribution in [0.5, 0.6) is 0 Å². The molecule has 0 bridgehead atoms. The normalized spacial score (nSPS) is 10.8. The summed E-state index contributed by atoms with van der Waals surface area (Å²) in [4.78, 5) is 4.08. The van der Waals surface area contributed by atoms with Crippen molar-refractivity contribution in [1.82, 2.24) is 4.98 Å². The van der Waals surface area contributed by atoms with Crippen LogP contribution >= 0.6 is 11.6 Å². The summed E-state index contributed by atoms with van der Waals surface area (Å²) < 4.78 is 0. The zero-order chi connectivity index (χ0) is 12.4. The molecule has 2 nitrogen and oxygen atoms in total. The molecule has 0 aliphatic carbocycles. The number of pyridine rings is 1. The van der Waals surface area contributed by atoms with Gasteiger partial charge in [-0.05, 0) is 35.2 Å². The summed E-state index contributed by atoms with van der Waals surface area (Å²) in [6.45, 7) is 4.25. The van der Waals surface area contributed by atoms with Crippen LogP contribution in [0.1, 0.15) is 25.3 Å². The van der Waals surface area contributed by atoms with Gasteiger partial charge >= 0.3 is 0 Å². The number of hydrogen-bond acceptors (Lipinski definition) is 2. The van der Waals surface area contributed by atoms with Crippen LogP contribution in [0.15, 0.2) is 36.5 Å². The number of aromatic nitrogens is 1. The van der Waals surface area contributed by atoms with Crippen LogP contribution in [0.3, 0.4) is 0 Å². The fourth-order valence-electron chi connectivity index (χ4n) is 1.82. The summed E-state index contributed by atoms with van der Waals surface area (Å²) in [6, 6.07) is 9.85. The standard InChI is InChI=1S/C14H15ClN2/c1-9(2)11-6-5-10(8-13(11)15)12-4-3-7-17-14(12)16/h3-9H,1-2H3,(H2,16,17). The lowest BCUT2D eigenvalue weighted by Crippen LogP contribution is -1.94. The van der Waals surface area contributed by atoms with Gasteiger partial charge < -0.3 is 5.73 Å². The Morgan fingerprint density at radius 2 is 2.00 bits per heavy atom. The van der Waals surface area contributed by atoms with Crippen molar-refractivity contribution in [2.75, 3.05) is 5.73 Å². The molecule has 2 N–H and O–H groups in total. The first-order valence-corrected chi connectivity index (χ1v) is 5.97. The number of rotatable bonds is 2. The number of hydrogen-bond donors (Lipinski definition) is 1. The predicted molar refractivity (Wildman–Crippen MR) is 73.2 cm³/mol. The van der Waals surface area contributed by atoms with Gasteiger partial charge in [-0.2, -0.15) is 0 Å². The van der Waals surface area contributed by atoms with Crippen LogP contribution in [0.25, 0.3) is 11.1 Å². The fourth-order valence-corrected chi connectivity index (χ4v) is 2.22. The molecule has 17 heavy (non-hydrogen) atoms. The third-order valence-electron chi connectivity index (χ3n) is 2.77. The van der Waals surface area contributed by atoms with Gasteiger partial charge in [0, 0.05) is 16.8 Å². The van der Waals surface area contributed by atoms with E-state index in [2.05, 4.69) is 24.9 Å². The molecule has 1 heterocycles. The third-order valence-corrected chi connectivity index (χ3v) is 3.10. The molecule has 0 spiro atoms. The predicted octanol–water partition coefficient (Wildman–Crippen LogP) is 4.11. The Bertz CT molecular complexity index is 535. The molecule has 1 aromatic carbocycles. The van der Waals surface area contributed by atoms with Crippen molar-refractivity contribution in [2.45, 2.75) is 19.8 Å². The molecular weight excluding hydrogens is 232 g/mol. The van der Waals surface area contributed by atoms with E-state index in [0.29, 0.717) is 11.7 Å². The molecule has 0 saturated heterocycles. The fraction of sp³-hybridized carbons (Fsp3) is 0.214. The quantitative estimate of drug-likeness (QED) is 0.866. The lowest BCUT2D eigenvalue weighted by Gasteiger charge is -2.11. The number of anilines is 1. The van der Waals surface area contributed by atoms with Crippen molar-refractivity contribution in [2.24, 2.45) is 0 Å². The molecule has 0 amide bonds. The Labute approximate surface area is 106 Å². The highest BCUT2D eigenvalue weighted by atomic mass is 35.5. The number of nitrogen functional groups attached to an aromatic ring is 1. The smallest absolute Gasteiger partial charge is 0.131 e. The number of halogens is 1. The molecule has 0 unspecified atom stereocenters. The number of nitrogens with zero attached hydrogens (tertiary/aromatic N) is 1. The summed E-state index contributed by atoms with van der Waals surface area (Å²) >= 11 is 6.27. The Morgan fingerprint density at radius 1 is 1.24 bits per heavy atom. The summed E-state index contributed by atoms with van der Waals surface area (Å²) in [5.41, 5.74) is 8.92. The second-order valence-corrected chi connectivity index (χ2v) is 4.73. The lowest BCUT2D eigenvalue weighted by atomic mass is 9.99. The summed E-state index contributed by atoms with van der Waals surface area (Å²) in [5, 5.41) is 0.778. The van der Waals surface area contributed by atoms with E-state index in [4.69, 9.17) is 17.3 Å². The van der Waals surface area contributed by atoms with Crippen LogP contribution in [-0.2, 0) is 0 Å². The van der Waals surface area contributed by atoms with Crippen LogP contribution < -0.4 is 5.73 Å². The highest BCUT2D eigenvalue weighted by molar-refractivity contribution is 6.31. The molecule has 1 aromatic heterocycles. The lowest BCUT2D eigenvalue weighted by molar-refractivity contribution is 0.867. The van der Waals surface area contributed by atoms with E-state index in [1.54, 1.807) is 6.20 Å². The van der Waals surface area contributed by atoms with Crippen molar-refractivity contribution >= 4 is 17.4 Å². The van der Waals surface area contributed by atoms with Gasteiger partial charge in [0.1, 0.15) is 5.82 Å². The molecule has 0 fully saturated rings. The van der Waals surface area contributed by atoms with E-state index in [0.717, 1.165) is 21.7 Å². The van der Waals surface area contributed by atoms with Crippen LogP contribution in [0.4, 0.5) is 5.82 Å². The summed E-state index contributed by atoms with van der Waals surface area (Å²) in [7, 11) is 0. The molecule has 0 aliphatic rings. The minimum atomic E-state index is 0.419. The Morgan fingerprint density at radius 3 is 2.59 bits per heavy atom. The van der Waals surface area contributed by atoms with Gasteiger partial charge in [-0.3, -0.25) is 0 Å². The molecule has 2 rings (SSSR count). The van der Waals surface area contributed by atoms with Gasteiger partial charge in [0.25, 0.3) is 0 Å². The largest absolute Gasteiger partial charge is 0.383 e. The highest BCUT2D eigenvalue weighted by Crippen LogP contribution is 2.31. The first-order chi connectivity index (χ1) is 8.09. The molecule has 0 radical (unpaired) electrons. The molecule has 0 aliphatic heterocycles. The maximum Gasteiger partial charge on any atom is 0.131 e. The van der Waals surface area contributed by atoms with Crippen molar-refractivity contribution in [3.05, 3.63) is 47.1 Å². The van der Waals surface area contributed by atoms with Crippen molar-refractivity contribution in [3.8, 4) is 11.1 Å². The van der Waals surface area contributed by atoms with Gasteiger partial charge in [-0.15, -0.1) is 0 Å². The topological polar surface area (TPSA) is 38.9 Å². The zero-order valence-corrected chi connectivity index (χ0v) is 10.7. The Kier molecular flexibility index (Phi) is 3.34. The summed E-state index contributed by atoms with van der Waals surface area (Å²) in [6.07, 6.45) is 1.68. The maximum absolute atomic E-state index is 6.27. The summed E-state index contributed by atoms with van der Waals surface area (Å²) in [5.74, 6) is 0.948. The zero-order valence-electron chi connectivity index (χ0n) is 9.94.